The highest BCUT2D eigenvalue weighted by molar-refractivity contribution is 7.04. The Morgan fingerprint density at radius 2 is 1.67 bits per heavy atom. The van der Waals surface area contributed by atoms with Crippen LogP contribution in [0.2, 0.25) is 0 Å². The Labute approximate surface area is 138 Å². The van der Waals surface area contributed by atoms with Gasteiger partial charge in [0, 0.05) is 12.6 Å². The van der Waals surface area contributed by atoms with Crippen molar-refractivity contribution in [2.75, 3.05) is 7.05 Å². The SMILES string of the molecule is CN=c1nc(-c2ccccc2)n(-c2ccc(C)cc2)s1.[Br-]. The van der Waals surface area contributed by atoms with E-state index in [-0.39, 0.29) is 17.0 Å². The summed E-state index contributed by atoms with van der Waals surface area (Å²) in [5.74, 6) is 0.931. The van der Waals surface area contributed by atoms with Crippen molar-refractivity contribution in [2.24, 2.45) is 4.99 Å². The Balaban J connectivity index is 0.00000161. The molecule has 1 heterocycles. The van der Waals surface area contributed by atoms with Gasteiger partial charge >= 0.3 is 0 Å². The van der Waals surface area contributed by atoms with Gasteiger partial charge in [-0.1, -0.05) is 48.0 Å². The number of nitrogens with zero attached hydrogens (tertiary/aromatic N) is 3. The van der Waals surface area contributed by atoms with Crippen molar-refractivity contribution in [3.05, 3.63) is 65.0 Å². The summed E-state index contributed by atoms with van der Waals surface area (Å²) >= 11 is 1.55. The Bertz CT molecular complexity index is 773. The fourth-order valence-electron chi connectivity index (χ4n) is 2.00. The number of benzene rings is 2. The number of halogens is 1. The normalized spacial score (nSPS) is 11.2. The fraction of sp³-hybridized carbons (Fsp3) is 0.125. The number of rotatable bonds is 2. The van der Waals surface area contributed by atoms with Crippen molar-refractivity contribution < 1.29 is 17.0 Å². The molecule has 0 N–H and O–H groups in total. The lowest BCUT2D eigenvalue weighted by atomic mass is 10.2. The average molecular weight is 361 g/mol. The molecule has 0 aliphatic heterocycles. The fourth-order valence-corrected chi connectivity index (χ4v) is 2.83. The molecule has 0 atom stereocenters. The summed E-state index contributed by atoms with van der Waals surface area (Å²) in [6, 6.07) is 18.6. The van der Waals surface area contributed by atoms with E-state index in [1.54, 1.807) is 18.6 Å². The summed E-state index contributed by atoms with van der Waals surface area (Å²) in [6.07, 6.45) is 0. The minimum atomic E-state index is 0. The molecule has 2 aromatic carbocycles. The molecule has 0 aliphatic carbocycles. The third kappa shape index (κ3) is 3.31. The standard InChI is InChI=1S/C16H15N3S.BrH/c1-12-8-10-14(11-9-12)19-15(18-16(17-2)20-19)13-6-4-3-5-7-13;/h3-11H,1-2H3;1H/p-1. The highest BCUT2D eigenvalue weighted by atomic mass is 79.9. The maximum absolute atomic E-state index is 4.61. The molecule has 108 valence electrons. The lowest BCUT2D eigenvalue weighted by Crippen LogP contribution is -3.00. The van der Waals surface area contributed by atoms with Gasteiger partial charge in [-0.15, -0.1) is 0 Å². The van der Waals surface area contributed by atoms with Crippen molar-refractivity contribution >= 4 is 11.5 Å². The van der Waals surface area contributed by atoms with E-state index in [1.807, 2.05) is 18.2 Å². The number of aromatic nitrogens is 2. The Hall–Kier alpha value is -1.72. The molecule has 1 aromatic heterocycles. The largest absolute Gasteiger partial charge is 1.00 e. The van der Waals surface area contributed by atoms with Gasteiger partial charge in [0.1, 0.15) is 0 Å². The summed E-state index contributed by atoms with van der Waals surface area (Å²) in [5.41, 5.74) is 3.46. The lowest BCUT2D eigenvalue weighted by molar-refractivity contribution is -0.00000415. The molecule has 21 heavy (non-hydrogen) atoms. The predicted octanol–water partition coefficient (Wildman–Crippen LogP) is 0.444. The second-order valence-electron chi connectivity index (χ2n) is 4.53. The minimum Gasteiger partial charge on any atom is -1.00 e. The summed E-state index contributed by atoms with van der Waals surface area (Å²) in [5, 5.41) is 0. The zero-order chi connectivity index (χ0) is 13.9. The molecule has 0 bridgehead atoms. The monoisotopic (exact) mass is 360 g/mol. The van der Waals surface area contributed by atoms with Crippen LogP contribution in [0.15, 0.2) is 59.6 Å². The van der Waals surface area contributed by atoms with Crippen molar-refractivity contribution in [3.8, 4) is 17.1 Å². The van der Waals surface area contributed by atoms with Gasteiger partial charge in [-0.2, -0.15) is 4.98 Å². The second-order valence-corrected chi connectivity index (χ2v) is 5.44. The van der Waals surface area contributed by atoms with Gasteiger partial charge in [0.2, 0.25) is 4.80 Å². The van der Waals surface area contributed by atoms with Gasteiger partial charge in [0.05, 0.1) is 5.69 Å². The van der Waals surface area contributed by atoms with Gasteiger partial charge in [-0.3, -0.25) is 4.99 Å². The third-order valence-corrected chi connectivity index (χ3v) is 4.06. The zero-order valence-corrected chi connectivity index (χ0v) is 14.2. The predicted molar refractivity (Wildman–Crippen MR) is 83.1 cm³/mol. The summed E-state index contributed by atoms with van der Waals surface area (Å²) < 4.78 is 2.12. The summed E-state index contributed by atoms with van der Waals surface area (Å²) in [6.45, 7) is 2.09. The maximum atomic E-state index is 4.61. The first-order chi connectivity index (χ1) is 9.78. The number of hydrogen-bond acceptors (Lipinski definition) is 3. The Morgan fingerprint density at radius 3 is 2.29 bits per heavy atom. The zero-order valence-electron chi connectivity index (χ0n) is 11.8. The van der Waals surface area contributed by atoms with Gasteiger partial charge in [-0.05, 0) is 30.6 Å². The first-order valence-electron chi connectivity index (χ1n) is 6.43. The molecule has 5 heteroatoms. The first kappa shape index (κ1) is 15.7. The quantitative estimate of drug-likeness (QED) is 0.652. The van der Waals surface area contributed by atoms with E-state index in [2.05, 4.69) is 57.3 Å². The average Bonchev–Trinajstić information content (AvgIpc) is 2.93. The van der Waals surface area contributed by atoms with Crippen molar-refractivity contribution in [1.29, 1.82) is 0 Å². The van der Waals surface area contributed by atoms with E-state index in [0.29, 0.717) is 0 Å². The molecule has 0 aliphatic rings. The smallest absolute Gasteiger partial charge is 0.222 e. The van der Waals surface area contributed by atoms with Crippen molar-refractivity contribution in [2.45, 2.75) is 6.92 Å². The molecular formula is C16H15BrN3S-. The van der Waals surface area contributed by atoms with E-state index in [4.69, 9.17) is 0 Å². The molecule has 0 saturated heterocycles. The number of aryl methyl sites for hydroxylation is 1. The van der Waals surface area contributed by atoms with Crippen LogP contribution in [0.1, 0.15) is 5.56 Å². The second kappa shape index (κ2) is 6.83. The molecule has 0 amide bonds. The van der Waals surface area contributed by atoms with Crippen molar-refractivity contribution in [3.63, 3.8) is 0 Å². The third-order valence-electron chi connectivity index (χ3n) is 3.06. The Kier molecular flexibility index (Phi) is 5.09. The van der Waals surface area contributed by atoms with Crippen LogP contribution in [0.5, 0.6) is 0 Å². The minimum absolute atomic E-state index is 0. The molecule has 3 aromatic rings. The van der Waals surface area contributed by atoms with E-state index in [9.17, 15) is 0 Å². The summed E-state index contributed by atoms with van der Waals surface area (Å²) in [7, 11) is 1.77. The topological polar surface area (TPSA) is 30.2 Å². The van der Waals surface area contributed by atoms with Gasteiger partial charge in [-0.25, -0.2) is 3.96 Å². The van der Waals surface area contributed by atoms with E-state index in [1.165, 1.54) is 5.56 Å². The first-order valence-corrected chi connectivity index (χ1v) is 7.21. The van der Waals surface area contributed by atoms with Crippen LogP contribution in [0.25, 0.3) is 17.1 Å². The molecular weight excluding hydrogens is 346 g/mol. The molecule has 0 spiro atoms. The maximum Gasteiger partial charge on any atom is 0.222 e. The molecule has 0 radical (unpaired) electrons. The van der Waals surface area contributed by atoms with E-state index < -0.39 is 0 Å². The van der Waals surface area contributed by atoms with Crippen LogP contribution >= 0.6 is 11.5 Å². The highest BCUT2D eigenvalue weighted by Gasteiger charge is 2.10. The van der Waals surface area contributed by atoms with Crippen molar-refractivity contribution in [1.82, 2.24) is 8.94 Å². The lowest BCUT2D eigenvalue weighted by Gasteiger charge is -2.06. The summed E-state index contributed by atoms with van der Waals surface area (Å²) in [4.78, 5) is 9.60. The van der Waals surface area contributed by atoms with Crippen LogP contribution in [0.4, 0.5) is 0 Å². The number of hydrogen-bond donors (Lipinski definition) is 0. The highest BCUT2D eigenvalue weighted by Crippen LogP contribution is 2.22. The van der Waals surface area contributed by atoms with Gasteiger partial charge in [0.15, 0.2) is 5.82 Å². The van der Waals surface area contributed by atoms with Crippen LogP contribution in [0.3, 0.4) is 0 Å². The van der Waals surface area contributed by atoms with Crippen LogP contribution in [-0.4, -0.2) is 16.0 Å². The van der Waals surface area contributed by atoms with Gasteiger partial charge in [0.25, 0.3) is 0 Å². The molecule has 0 fully saturated rings. The molecule has 0 unspecified atom stereocenters. The van der Waals surface area contributed by atoms with Crippen LogP contribution in [0, 0.1) is 6.92 Å². The molecule has 3 nitrogen and oxygen atoms in total. The molecule has 0 saturated carbocycles. The van der Waals surface area contributed by atoms with Crippen LogP contribution < -0.4 is 21.8 Å². The van der Waals surface area contributed by atoms with Gasteiger partial charge < -0.3 is 17.0 Å². The van der Waals surface area contributed by atoms with E-state index >= 15 is 0 Å². The van der Waals surface area contributed by atoms with Crippen LogP contribution in [-0.2, 0) is 0 Å². The Morgan fingerprint density at radius 1 is 1.00 bits per heavy atom. The van der Waals surface area contributed by atoms with E-state index in [0.717, 1.165) is 21.9 Å². The molecule has 3 rings (SSSR count).